The maximum absolute atomic E-state index is 6.31. The fraction of sp³-hybridized carbons (Fsp3) is 0. The minimum Gasteiger partial charge on any atom is -0.526 e. The van der Waals surface area contributed by atoms with Gasteiger partial charge < -0.3 is 9.31 Å². The molecule has 0 aliphatic heterocycles. The van der Waals surface area contributed by atoms with Crippen molar-refractivity contribution in [1.29, 1.82) is 0 Å². The largest absolute Gasteiger partial charge is 0.658 e. The second-order valence-electron chi connectivity index (χ2n) is 13.8. The summed E-state index contributed by atoms with van der Waals surface area (Å²) in [5.41, 5.74) is 9.48. The van der Waals surface area contributed by atoms with Crippen LogP contribution in [0.5, 0.6) is 11.5 Å². The molecule has 0 fully saturated rings. The fourth-order valence-electron chi connectivity index (χ4n) is 8.26. The molecule has 3 heteroatoms. The van der Waals surface area contributed by atoms with Gasteiger partial charge in [-0.05, 0) is 112 Å². The van der Waals surface area contributed by atoms with E-state index in [1.807, 2.05) is 12.1 Å². The molecule has 0 atom stereocenters. The first-order valence-electron chi connectivity index (χ1n) is 18.7. The summed E-state index contributed by atoms with van der Waals surface area (Å²) >= 11 is 0. The number of hydrogen-bond acceptors (Lipinski definition) is 2. The molecule has 0 N–H and O–H groups in total. The van der Waals surface area contributed by atoms with Crippen molar-refractivity contribution in [3.05, 3.63) is 206 Å². The van der Waals surface area contributed by atoms with Gasteiger partial charge in [0.25, 0.3) is 0 Å². The Morgan fingerprint density at radius 2 is 0.491 bits per heavy atom. The molecule has 55 heavy (non-hydrogen) atoms. The molecule has 0 unspecified atom stereocenters. The molecule has 0 saturated carbocycles. The molecule has 0 spiro atoms. The van der Waals surface area contributed by atoms with Crippen molar-refractivity contribution in [3.63, 3.8) is 0 Å². The minimum absolute atomic E-state index is 0.696. The molecule has 10 rings (SSSR count). The monoisotopic (exact) mass is 701 g/mol. The van der Waals surface area contributed by atoms with E-state index in [9.17, 15) is 0 Å². The van der Waals surface area contributed by atoms with Crippen molar-refractivity contribution >= 4 is 50.8 Å². The first kappa shape index (κ1) is 32.5. The molecule has 0 aliphatic carbocycles. The third-order valence-electron chi connectivity index (χ3n) is 10.6. The molecular formula is C52H34BO2. The van der Waals surface area contributed by atoms with E-state index in [0.717, 1.165) is 21.9 Å². The smallest absolute Gasteiger partial charge is 0.526 e. The Balaban J connectivity index is 1.06. The Bertz CT molecular complexity index is 2770. The van der Waals surface area contributed by atoms with Crippen LogP contribution in [-0.2, 0) is 0 Å². The topological polar surface area (TPSA) is 18.5 Å². The van der Waals surface area contributed by atoms with Crippen LogP contribution in [0, 0.1) is 0 Å². The molecule has 0 amide bonds. The fourth-order valence-corrected chi connectivity index (χ4v) is 8.26. The van der Waals surface area contributed by atoms with Crippen molar-refractivity contribution in [2.24, 2.45) is 0 Å². The van der Waals surface area contributed by atoms with Crippen molar-refractivity contribution in [2.45, 2.75) is 0 Å². The summed E-state index contributed by atoms with van der Waals surface area (Å²) in [6.07, 6.45) is 0. The Labute approximate surface area is 321 Å². The normalized spacial score (nSPS) is 11.3. The molecule has 2 nitrogen and oxygen atoms in total. The predicted octanol–water partition coefficient (Wildman–Crippen LogP) is 14.0. The predicted molar refractivity (Wildman–Crippen MR) is 232 cm³/mol. The van der Waals surface area contributed by atoms with Crippen LogP contribution in [0.1, 0.15) is 0 Å². The summed E-state index contributed by atoms with van der Waals surface area (Å²) in [4.78, 5) is 0. The van der Waals surface area contributed by atoms with E-state index in [2.05, 4.69) is 194 Å². The zero-order valence-corrected chi connectivity index (χ0v) is 30.0. The van der Waals surface area contributed by atoms with E-state index < -0.39 is 0 Å². The van der Waals surface area contributed by atoms with Crippen molar-refractivity contribution in [1.82, 2.24) is 0 Å². The highest BCUT2D eigenvalue weighted by molar-refractivity contribution is 6.24. The van der Waals surface area contributed by atoms with Crippen molar-refractivity contribution in [3.8, 4) is 56.0 Å². The maximum atomic E-state index is 6.31. The van der Waals surface area contributed by atoms with Gasteiger partial charge >= 0.3 is 7.69 Å². The highest BCUT2D eigenvalue weighted by Crippen LogP contribution is 2.46. The van der Waals surface area contributed by atoms with Crippen LogP contribution in [0.25, 0.3) is 87.6 Å². The number of fused-ring (bicyclic) bond motifs is 4. The molecule has 1 radical (unpaired) electrons. The first-order valence-corrected chi connectivity index (χ1v) is 18.7. The van der Waals surface area contributed by atoms with Crippen LogP contribution in [0.15, 0.2) is 206 Å². The molecule has 257 valence electrons. The molecule has 10 aromatic rings. The summed E-state index contributed by atoms with van der Waals surface area (Å²) < 4.78 is 12.6. The van der Waals surface area contributed by atoms with E-state index in [0.29, 0.717) is 11.5 Å². The lowest BCUT2D eigenvalue weighted by Crippen LogP contribution is -2.11. The van der Waals surface area contributed by atoms with Gasteiger partial charge in [-0.2, -0.15) is 0 Å². The lowest BCUT2D eigenvalue weighted by atomic mass is 9.86. The van der Waals surface area contributed by atoms with Gasteiger partial charge in [-0.1, -0.05) is 182 Å². The van der Waals surface area contributed by atoms with Gasteiger partial charge in [-0.15, -0.1) is 0 Å². The third-order valence-corrected chi connectivity index (χ3v) is 10.6. The second kappa shape index (κ2) is 14.0. The van der Waals surface area contributed by atoms with Crippen LogP contribution in [0.2, 0.25) is 0 Å². The van der Waals surface area contributed by atoms with Crippen LogP contribution >= 0.6 is 0 Å². The molecule has 0 saturated heterocycles. The minimum atomic E-state index is 0.696. The van der Waals surface area contributed by atoms with Crippen LogP contribution in [0.4, 0.5) is 0 Å². The van der Waals surface area contributed by atoms with E-state index >= 15 is 0 Å². The number of hydrogen-bond donors (Lipinski definition) is 0. The third kappa shape index (κ3) is 5.87. The Morgan fingerprint density at radius 1 is 0.236 bits per heavy atom. The summed E-state index contributed by atoms with van der Waals surface area (Å²) in [6, 6.07) is 72.7. The van der Waals surface area contributed by atoms with E-state index in [4.69, 9.17) is 9.31 Å². The lowest BCUT2D eigenvalue weighted by Gasteiger charge is -2.19. The molecule has 0 aromatic heterocycles. The highest BCUT2D eigenvalue weighted by atomic mass is 16.6. The lowest BCUT2D eigenvalue weighted by molar-refractivity contribution is 0.460. The van der Waals surface area contributed by atoms with Gasteiger partial charge in [-0.25, -0.2) is 0 Å². The number of benzene rings is 10. The van der Waals surface area contributed by atoms with E-state index in [1.165, 1.54) is 73.4 Å². The molecular weight excluding hydrogens is 667 g/mol. The standard InChI is InChI=1S/C52H34BO2/c1-5-17-35(18-6-1)49-41-25-13-15-27-43(41)51(37-21-9-3-10-22-37)47-33-39(29-31-45(47)49)54-53-55-40-30-32-46-48(34-40)52(38-23-11-4-12-24-38)44-28-16-14-26-42(44)50(46)36-19-7-2-8-20-36/h1-34H. The number of rotatable bonds is 8. The van der Waals surface area contributed by atoms with Gasteiger partial charge in [0.05, 0.1) is 0 Å². The zero-order chi connectivity index (χ0) is 36.6. The summed E-state index contributed by atoms with van der Waals surface area (Å²) in [5.74, 6) is 1.39. The van der Waals surface area contributed by atoms with E-state index in [1.54, 1.807) is 0 Å². The van der Waals surface area contributed by atoms with Crippen LogP contribution in [0.3, 0.4) is 0 Å². The average Bonchev–Trinajstić information content (AvgIpc) is 3.25. The zero-order valence-electron chi connectivity index (χ0n) is 30.0. The summed E-state index contributed by atoms with van der Waals surface area (Å²) in [5, 5.41) is 9.41. The molecule has 10 aromatic carbocycles. The quantitative estimate of drug-likeness (QED) is 0.116. The maximum Gasteiger partial charge on any atom is 0.658 e. The van der Waals surface area contributed by atoms with Gasteiger partial charge in [0.1, 0.15) is 11.5 Å². The van der Waals surface area contributed by atoms with Crippen molar-refractivity contribution < 1.29 is 9.31 Å². The highest BCUT2D eigenvalue weighted by Gasteiger charge is 2.19. The van der Waals surface area contributed by atoms with Crippen molar-refractivity contribution in [2.75, 3.05) is 0 Å². The van der Waals surface area contributed by atoms with Gasteiger partial charge in [0, 0.05) is 0 Å². The van der Waals surface area contributed by atoms with Crippen LogP contribution in [-0.4, -0.2) is 7.69 Å². The molecule has 0 heterocycles. The van der Waals surface area contributed by atoms with Gasteiger partial charge in [-0.3, -0.25) is 0 Å². The Kier molecular flexibility index (Phi) is 8.31. The van der Waals surface area contributed by atoms with Crippen LogP contribution < -0.4 is 9.31 Å². The first-order chi connectivity index (χ1) is 27.3. The van der Waals surface area contributed by atoms with Gasteiger partial charge in [0.15, 0.2) is 0 Å². The molecule has 0 aliphatic rings. The Morgan fingerprint density at radius 3 is 0.800 bits per heavy atom. The van der Waals surface area contributed by atoms with E-state index in [-0.39, 0.29) is 0 Å². The Hall–Kier alpha value is -7.10. The van der Waals surface area contributed by atoms with Gasteiger partial charge in [0.2, 0.25) is 0 Å². The average molecular weight is 702 g/mol. The molecule has 0 bridgehead atoms. The summed E-state index contributed by atoms with van der Waals surface area (Å²) in [6.45, 7) is 0. The summed E-state index contributed by atoms with van der Waals surface area (Å²) in [7, 11) is 1.45. The SMILES string of the molecule is [B](Oc1ccc2c(-c3ccccc3)c3ccccc3c(-c3ccccc3)c2c1)Oc1ccc2c(-c3ccccc3)c3ccccc3c(-c3ccccc3)c2c1. The second-order valence-corrected chi connectivity index (χ2v) is 13.8.